The van der Waals surface area contributed by atoms with Crippen LogP contribution >= 0.6 is 0 Å². The van der Waals surface area contributed by atoms with E-state index in [0.29, 0.717) is 11.3 Å². The van der Waals surface area contributed by atoms with Gasteiger partial charge in [-0.3, -0.25) is 0 Å². The predicted octanol–water partition coefficient (Wildman–Crippen LogP) is 1.79. The molecule has 2 amide bonds. The van der Waals surface area contributed by atoms with Gasteiger partial charge in [0.15, 0.2) is 0 Å². The number of benzene rings is 2. The molecule has 116 valence electrons. The molecule has 0 spiro atoms. The predicted molar refractivity (Wildman–Crippen MR) is 80.1 cm³/mol. The van der Waals surface area contributed by atoms with Gasteiger partial charge in [-0.2, -0.15) is 0 Å². The Morgan fingerprint density at radius 1 is 1.05 bits per heavy atom. The Balaban J connectivity index is 1.89. The fourth-order valence-electron chi connectivity index (χ4n) is 1.69. The fourth-order valence-corrected chi connectivity index (χ4v) is 2.20. The smallest absolute Gasteiger partial charge is 0.319 e. The number of carbonyl (C=O) groups is 1. The van der Waals surface area contributed by atoms with Gasteiger partial charge < -0.3 is 10.6 Å². The maximum atomic E-state index is 12.7. The number of carbonyl (C=O) groups excluding carboxylic acids is 1. The van der Waals surface area contributed by atoms with Crippen molar-refractivity contribution in [1.29, 1.82) is 0 Å². The van der Waals surface area contributed by atoms with Gasteiger partial charge in [-0.05, 0) is 42.0 Å². The second-order valence-electron chi connectivity index (χ2n) is 4.50. The Labute approximate surface area is 127 Å². The first-order valence-electron chi connectivity index (χ1n) is 6.27. The molecule has 0 aliphatic heterocycles. The molecule has 0 aliphatic carbocycles. The van der Waals surface area contributed by atoms with Crippen LogP contribution in [-0.2, 0) is 16.6 Å². The molecule has 0 radical (unpaired) electrons. The van der Waals surface area contributed by atoms with E-state index in [9.17, 15) is 17.6 Å². The lowest BCUT2D eigenvalue weighted by Crippen LogP contribution is -2.28. The quantitative estimate of drug-likeness (QED) is 0.799. The van der Waals surface area contributed by atoms with Crippen LogP contribution in [0.4, 0.5) is 14.9 Å². The summed E-state index contributed by atoms with van der Waals surface area (Å²) in [7, 11) is -3.73. The van der Waals surface area contributed by atoms with E-state index in [-0.39, 0.29) is 17.3 Å². The molecule has 0 bridgehead atoms. The van der Waals surface area contributed by atoms with Crippen LogP contribution in [0.3, 0.4) is 0 Å². The summed E-state index contributed by atoms with van der Waals surface area (Å²) in [6.07, 6.45) is 0. The number of anilines is 1. The highest BCUT2D eigenvalue weighted by molar-refractivity contribution is 7.89. The number of hydrogen-bond donors (Lipinski definition) is 3. The number of amides is 2. The van der Waals surface area contributed by atoms with Crippen LogP contribution in [0.25, 0.3) is 0 Å². The molecule has 0 aromatic heterocycles. The number of hydrogen-bond acceptors (Lipinski definition) is 3. The van der Waals surface area contributed by atoms with Gasteiger partial charge in [0, 0.05) is 12.2 Å². The summed E-state index contributed by atoms with van der Waals surface area (Å²) in [5.41, 5.74) is 1.17. The topological polar surface area (TPSA) is 101 Å². The number of sulfonamides is 1. The zero-order valence-electron chi connectivity index (χ0n) is 11.4. The first kappa shape index (κ1) is 15.9. The van der Waals surface area contributed by atoms with E-state index in [2.05, 4.69) is 10.6 Å². The third-order valence-corrected chi connectivity index (χ3v) is 3.74. The van der Waals surface area contributed by atoms with Crippen molar-refractivity contribution in [1.82, 2.24) is 5.32 Å². The first-order valence-corrected chi connectivity index (χ1v) is 7.81. The van der Waals surface area contributed by atoms with Crippen molar-refractivity contribution in [3.05, 3.63) is 59.9 Å². The van der Waals surface area contributed by atoms with Crippen molar-refractivity contribution >= 4 is 21.7 Å². The highest BCUT2D eigenvalue weighted by Gasteiger charge is 2.07. The summed E-state index contributed by atoms with van der Waals surface area (Å²) in [6, 6.07) is 10.7. The summed E-state index contributed by atoms with van der Waals surface area (Å²) in [4.78, 5) is 11.7. The van der Waals surface area contributed by atoms with Gasteiger partial charge in [0.2, 0.25) is 10.0 Å². The Hall–Kier alpha value is -2.45. The summed E-state index contributed by atoms with van der Waals surface area (Å²) in [6.45, 7) is 0.206. The van der Waals surface area contributed by atoms with E-state index in [1.165, 1.54) is 36.4 Å². The third kappa shape index (κ3) is 4.54. The van der Waals surface area contributed by atoms with E-state index in [0.717, 1.165) is 0 Å². The van der Waals surface area contributed by atoms with Crippen LogP contribution in [0.2, 0.25) is 0 Å². The van der Waals surface area contributed by atoms with E-state index in [4.69, 9.17) is 5.14 Å². The van der Waals surface area contributed by atoms with Crippen LogP contribution < -0.4 is 15.8 Å². The van der Waals surface area contributed by atoms with Crippen LogP contribution in [0.15, 0.2) is 53.4 Å². The molecule has 22 heavy (non-hydrogen) atoms. The summed E-state index contributed by atoms with van der Waals surface area (Å²) in [5, 5.41) is 10.1. The fraction of sp³-hybridized carbons (Fsp3) is 0.0714. The second-order valence-corrected chi connectivity index (χ2v) is 6.06. The number of nitrogens with one attached hydrogen (secondary N) is 2. The molecular weight excluding hydrogens is 309 g/mol. The second kappa shape index (κ2) is 6.54. The van der Waals surface area contributed by atoms with Gasteiger partial charge in [0.1, 0.15) is 5.82 Å². The normalized spacial score (nSPS) is 11.0. The average Bonchev–Trinajstić information content (AvgIpc) is 2.47. The lowest BCUT2D eigenvalue weighted by molar-refractivity contribution is 0.251. The minimum Gasteiger partial charge on any atom is -0.334 e. The molecule has 6 nitrogen and oxygen atoms in total. The number of rotatable bonds is 4. The maximum Gasteiger partial charge on any atom is 0.319 e. The van der Waals surface area contributed by atoms with Crippen molar-refractivity contribution in [3.63, 3.8) is 0 Å². The number of nitrogens with two attached hydrogens (primary N) is 1. The molecular formula is C14H14FN3O3S. The van der Waals surface area contributed by atoms with E-state index >= 15 is 0 Å². The van der Waals surface area contributed by atoms with Gasteiger partial charge in [-0.25, -0.2) is 22.7 Å². The summed E-state index contributed by atoms with van der Waals surface area (Å²) >= 11 is 0. The Bertz CT molecular complexity index is 759. The van der Waals surface area contributed by atoms with Crippen molar-refractivity contribution in [2.75, 3.05) is 5.32 Å². The van der Waals surface area contributed by atoms with Crippen LogP contribution in [0, 0.1) is 5.82 Å². The standard InChI is InChI=1S/C14H14FN3O3S/c15-11-3-5-12(6-4-11)18-14(19)17-9-10-1-7-13(8-2-10)22(16,20)21/h1-8H,9H2,(H2,16,20,21)(H2,17,18,19). The number of halogens is 1. The van der Waals surface area contributed by atoms with Gasteiger partial charge in [-0.1, -0.05) is 12.1 Å². The molecule has 2 aromatic carbocycles. The van der Waals surface area contributed by atoms with Crippen molar-refractivity contribution in [2.24, 2.45) is 5.14 Å². The lowest BCUT2D eigenvalue weighted by atomic mass is 10.2. The number of urea groups is 1. The molecule has 8 heteroatoms. The maximum absolute atomic E-state index is 12.7. The number of primary sulfonamides is 1. The highest BCUT2D eigenvalue weighted by atomic mass is 32.2. The molecule has 2 aromatic rings. The molecule has 2 rings (SSSR count). The van der Waals surface area contributed by atoms with Crippen LogP contribution in [-0.4, -0.2) is 14.4 Å². The minimum absolute atomic E-state index is 0.00649. The molecule has 0 atom stereocenters. The van der Waals surface area contributed by atoms with Crippen LogP contribution in [0.1, 0.15) is 5.56 Å². The van der Waals surface area contributed by atoms with Crippen molar-refractivity contribution in [2.45, 2.75) is 11.4 Å². The first-order chi connectivity index (χ1) is 10.3. The van der Waals surface area contributed by atoms with Gasteiger partial charge in [0.25, 0.3) is 0 Å². The Kier molecular flexibility index (Phi) is 4.74. The molecule has 0 fully saturated rings. The van der Waals surface area contributed by atoms with Gasteiger partial charge >= 0.3 is 6.03 Å². The van der Waals surface area contributed by atoms with E-state index < -0.39 is 16.1 Å². The summed E-state index contributed by atoms with van der Waals surface area (Å²) in [5.74, 6) is -0.388. The molecule has 4 N–H and O–H groups in total. The van der Waals surface area contributed by atoms with E-state index in [1.807, 2.05) is 0 Å². The molecule has 0 saturated carbocycles. The SMILES string of the molecule is NS(=O)(=O)c1ccc(CNC(=O)Nc2ccc(F)cc2)cc1. The lowest BCUT2D eigenvalue weighted by Gasteiger charge is -2.08. The molecule has 0 unspecified atom stereocenters. The zero-order valence-corrected chi connectivity index (χ0v) is 12.2. The Morgan fingerprint density at radius 3 is 2.18 bits per heavy atom. The molecule has 0 heterocycles. The highest BCUT2D eigenvalue weighted by Crippen LogP contribution is 2.10. The third-order valence-electron chi connectivity index (χ3n) is 2.81. The molecule has 0 aliphatic rings. The summed E-state index contributed by atoms with van der Waals surface area (Å²) < 4.78 is 34.9. The molecule has 0 saturated heterocycles. The van der Waals surface area contributed by atoms with Gasteiger partial charge in [0.05, 0.1) is 4.90 Å². The largest absolute Gasteiger partial charge is 0.334 e. The van der Waals surface area contributed by atoms with Crippen LogP contribution in [0.5, 0.6) is 0 Å². The monoisotopic (exact) mass is 323 g/mol. The van der Waals surface area contributed by atoms with E-state index in [1.54, 1.807) is 12.1 Å². The average molecular weight is 323 g/mol. The minimum atomic E-state index is -3.73. The zero-order chi connectivity index (χ0) is 16.2. The van der Waals surface area contributed by atoms with Crippen molar-refractivity contribution in [3.8, 4) is 0 Å². The Morgan fingerprint density at radius 2 is 1.64 bits per heavy atom. The van der Waals surface area contributed by atoms with Crippen molar-refractivity contribution < 1.29 is 17.6 Å². The van der Waals surface area contributed by atoms with Gasteiger partial charge in [-0.15, -0.1) is 0 Å².